The van der Waals surface area contributed by atoms with Crippen LogP contribution in [0, 0.1) is 10.1 Å². The molecular formula is C26H17N3O4. The molecule has 2 aromatic heterocycles. The predicted molar refractivity (Wildman–Crippen MR) is 125 cm³/mol. The summed E-state index contributed by atoms with van der Waals surface area (Å²) in [5, 5.41) is 19.2. The average molecular weight is 435 g/mol. The van der Waals surface area contributed by atoms with E-state index in [2.05, 4.69) is 10.2 Å². The van der Waals surface area contributed by atoms with Crippen molar-refractivity contribution in [3.8, 4) is 34.2 Å². The molecule has 0 radical (unpaired) electrons. The summed E-state index contributed by atoms with van der Waals surface area (Å²) in [5.41, 5.74) is 3.35. The van der Waals surface area contributed by atoms with Gasteiger partial charge in [-0.05, 0) is 48.0 Å². The number of hydrogen-bond donors (Lipinski definition) is 0. The quantitative estimate of drug-likeness (QED) is 0.216. The number of aromatic nitrogens is 2. The Bertz CT molecular complexity index is 1430. The van der Waals surface area contributed by atoms with E-state index < -0.39 is 4.92 Å². The van der Waals surface area contributed by atoms with Crippen LogP contribution in [-0.2, 0) is 0 Å². The average Bonchev–Trinajstić information content (AvgIpc) is 3.54. The van der Waals surface area contributed by atoms with Gasteiger partial charge in [-0.25, -0.2) is 0 Å². The minimum Gasteiger partial charge on any atom is -0.457 e. The highest BCUT2D eigenvalue weighted by Crippen LogP contribution is 2.27. The molecule has 0 fully saturated rings. The number of nitrogens with zero attached hydrogens (tertiary/aromatic N) is 3. The first kappa shape index (κ1) is 20.1. The van der Waals surface area contributed by atoms with Gasteiger partial charge in [-0.15, -0.1) is 10.2 Å². The molecule has 5 aromatic rings. The van der Waals surface area contributed by atoms with Crippen LogP contribution >= 0.6 is 0 Å². The van der Waals surface area contributed by atoms with Crippen LogP contribution in [0.5, 0.6) is 0 Å². The molecule has 0 saturated heterocycles. The Hall–Kier alpha value is -4.78. The number of furan rings is 1. The topological polar surface area (TPSA) is 95.2 Å². The minimum absolute atomic E-state index is 0.0261. The number of rotatable bonds is 6. The fourth-order valence-corrected chi connectivity index (χ4v) is 3.32. The molecule has 0 bridgehead atoms. The van der Waals surface area contributed by atoms with E-state index in [1.54, 1.807) is 18.2 Å². The van der Waals surface area contributed by atoms with Crippen LogP contribution in [0.3, 0.4) is 0 Å². The van der Waals surface area contributed by atoms with Crippen LogP contribution in [0.25, 0.3) is 46.4 Å². The second-order valence-corrected chi connectivity index (χ2v) is 7.24. The molecule has 0 aliphatic heterocycles. The summed E-state index contributed by atoms with van der Waals surface area (Å²) in [4.78, 5) is 10.6. The Morgan fingerprint density at radius 2 is 1.39 bits per heavy atom. The lowest BCUT2D eigenvalue weighted by Crippen LogP contribution is -1.87. The first-order chi connectivity index (χ1) is 16.2. The van der Waals surface area contributed by atoms with Crippen LogP contribution in [0.1, 0.15) is 11.3 Å². The second-order valence-electron chi connectivity index (χ2n) is 7.24. The van der Waals surface area contributed by atoms with Gasteiger partial charge in [0, 0.05) is 28.8 Å². The molecular weight excluding hydrogens is 418 g/mol. The van der Waals surface area contributed by atoms with Crippen molar-refractivity contribution in [2.75, 3.05) is 0 Å². The van der Waals surface area contributed by atoms with E-state index in [0.717, 1.165) is 16.7 Å². The Morgan fingerprint density at radius 1 is 0.697 bits per heavy atom. The first-order valence-corrected chi connectivity index (χ1v) is 10.2. The van der Waals surface area contributed by atoms with Crippen LogP contribution < -0.4 is 0 Å². The first-order valence-electron chi connectivity index (χ1n) is 10.2. The Balaban J connectivity index is 1.29. The van der Waals surface area contributed by atoms with Crippen LogP contribution in [0.15, 0.2) is 99.8 Å². The van der Waals surface area contributed by atoms with Gasteiger partial charge < -0.3 is 8.83 Å². The van der Waals surface area contributed by atoms with Gasteiger partial charge >= 0.3 is 0 Å². The third-order valence-electron chi connectivity index (χ3n) is 5.01. The van der Waals surface area contributed by atoms with Gasteiger partial charge in [0.2, 0.25) is 11.8 Å². The molecule has 0 aliphatic rings. The molecule has 3 aromatic carbocycles. The van der Waals surface area contributed by atoms with Crippen molar-refractivity contribution in [1.29, 1.82) is 0 Å². The number of nitro groups is 1. The SMILES string of the molecule is O=[N+]([O-])c1cccc(-c2ccc(/C=C/c3ccc(-c4nnc(-c5ccccc5)o4)cc3)o2)c1. The van der Waals surface area contributed by atoms with Crippen LogP contribution in [0.4, 0.5) is 5.69 Å². The number of benzene rings is 3. The van der Waals surface area contributed by atoms with Gasteiger partial charge in [0.1, 0.15) is 11.5 Å². The predicted octanol–water partition coefficient (Wildman–Crippen LogP) is 6.74. The van der Waals surface area contributed by atoms with Crippen molar-refractivity contribution in [2.45, 2.75) is 0 Å². The zero-order valence-electron chi connectivity index (χ0n) is 17.3. The van der Waals surface area contributed by atoms with E-state index in [1.807, 2.05) is 72.8 Å². The lowest BCUT2D eigenvalue weighted by atomic mass is 10.1. The maximum absolute atomic E-state index is 11.0. The summed E-state index contributed by atoms with van der Waals surface area (Å²) >= 11 is 0. The highest BCUT2D eigenvalue weighted by molar-refractivity contribution is 5.71. The second kappa shape index (κ2) is 8.76. The molecule has 0 spiro atoms. The molecule has 0 N–H and O–H groups in total. The summed E-state index contributed by atoms with van der Waals surface area (Å²) in [6.45, 7) is 0. The monoisotopic (exact) mass is 435 g/mol. The minimum atomic E-state index is -0.423. The van der Waals surface area contributed by atoms with Gasteiger partial charge in [-0.2, -0.15) is 0 Å². The summed E-state index contributed by atoms with van der Waals surface area (Å²) in [7, 11) is 0. The molecule has 0 aliphatic carbocycles. The highest BCUT2D eigenvalue weighted by atomic mass is 16.6. The molecule has 0 amide bonds. The van der Waals surface area contributed by atoms with Gasteiger partial charge in [0.15, 0.2) is 0 Å². The summed E-state index contributed by atoms with van der Waals surface area (Å²) in [6, 6.07) is 27.3. The Kier molecular flexibility index (Phi) is 5.35. The zero-order valence-corrected chi connectivity index (χ0v) is 17.3. The van der Waals surface area contributed by atoms with Crippen molar-refractivity contribution in [1.82, 2.24) is 10.2 Å². The van der Waals surface area contributed by atoms with Crippen molar-refractivity contribution < 1.29 is 13.8 Å². The molecule has 0 saturated carbocycles. The van der Waals surface area contributed by atoms with Gasteiger partial charge in [-0.1, -0.05) is 48.5 Å². The standard InChI is InChI=1S/C26H17N3O4/c30-29(31)22-8-4-7-21(17-22)24-16-15-23(32-24)14-11-18-9-12-20(13-10-18)26-28-27-25(33-26)19-5-2-1-3-6-19/h1-17H/b14-11+. The fourth-order valence-electron chi connectivity index (χ4n) is 3.32. The maximum Gasteiger partial charge on any atom is 0.270 e. The van der Waals surface area contributed by atoms with E-state index in [9.17, 15) is 10.1 Å². The van der Waals surface area contributed by atoms with E-state index in [4.69, 9.17) is 8.83 Å². The van der Waals surface area contributed by atoms with Gasteiger partial charge in [-0.3, -0.25) is 10.1 Å². The molecule has 7 nitrogen and oxygen atoms in total. The zero-order chi connectivity index (χ0) is 22.6. The molecule has 7 heteroatoms. The third-order valence-corrected chi connectivity index (χ3v) is 5.01. The fraction of sp³-hybridized carbons (Fsp3) is 0. The highest BCUT2D eigenvalue weighted by Gasteiger charge is 2.11. The normalized spacial score (nSPS) is 11.2. The van der Waals surface area contributed by atoms with E-state index in [0.29, 0.717) is 28.9 Å². The van der Waals surface area contributed by atoms with Gasteiger partial charge in [0.05, 0.1) is 4.92 Å². The molecule has 5 rings (SSSR count). The Morgan fingerprint density at radius 3 is 2.12 bits per heavy atom. The van der Waals surface area contributed by atoms with Crippen molar-refractivity contribution in [3.63, 3.8) is 0 Å². The molecule has 0 unspecified atom stereocenters. The van der Waals surface area contributed by atoms with E-state index >= 15 is 0 Å². The molecule has 33 heavy (non-hydrogen) atoms. The smallest absolute Gasteiger partial charge is 0.270 e. The lowest BCUT2D eigenvalue weighted by Gasteiger charge is -1.98. The summed E-state index contributed by atoms with van der Waals surface area (Å²) in [6.07, 6.45) is 3.76. The maximum atomic E-state index is 11.0. The summed E-state index contributed by atoms with van der Waals surface area (Å²) in [5.74, 6) is 2.15. The molecule has 0 atom stereocenters. The van der Waals surface area contributed by atoms with Crippen molar-refractivity contribution in [2.24, 2.45) is 0 Å². The number of hydrogen-bond acceptors (Lipinski definition) is 6. The number of nitro benzene ring substituents is 1. The molecule has 160 valence electrons. The van der Waals surface area contributed by atoms with Gasteiger partial charge in [0.25, 0.3) is 5.69 Å². The Labute approximate surface area is 188 Å². The van der Waals surface area contributed by atoms with E-state index in [-0.39, 0.29) is 5.69 Å². The lowest BCUT2D eigenvalue weighted by molar-refractivity contribution is -0.384. The largest absolute Gasteiger partial charge is 0.457 e. The van der Waals surface area contributed by atoms with Crippen molar-refractivity contribution >= 4 is 17.8 Å². The van der Waals surface area contributed by atoms with Crippen LogP contribution in [0.2, 0.25) is 0 Å². The third kappa shape index (κ3) is 4.47. The van der Waals surface area contributed by atoms with E-state index in [1.165, 1.54) is 12.1 Å². The van der Waals surface area contributed by atoms with Crippen molar-refractivity contribution in [3.05, 3.63) is 112 Å². The molecule has 2 heterocycles. The number of non-ortho nitro benzene ring substituents is 1. The van der Waals surface area contributed by atoms with Crippen LogP contribution in [-0.4, -0.2) is 15.1 Å². The summed E-state index contributed by atoms with van der Waals surface area (Å²) < 4.78 is 11.6.